The third-order valence-electron chi connectivity index (χ3n) is 2.46. The average Bonchev–Trinajstić information content (AvgIpc) is 2.36. The topological polar surface area (TPSA) is 23.5 Å². The van der Waals surface area contributed by atoms with E-state index in [4.69, 9.17) is 0 Å². The van der Waals surface area contributed by atoms with Gasteiger partial charge in [-0.15, -0.1) is 0 Å². The molecule has 0 bridgehead atoms. The summed E-state index contributed by atoms with van der Waals surface area (Å²) in [7, 11) is 0. The Hall–Kier alpha value is -0.0800. The van der Waals surface area contributed by atoms with Crippen LogP contribution in [0.4, 0.5) is 0 Å². The summed E-state index contributed by atoms with van der Waals surface area (Å²) in [5, 5.41) is 9.47. The second-order valence-electron chi connectivity index (χ2n) is 4.46. The molecule has 0 saturated carbocycles. The Morgan fingerprint density at radius 1 is 1.25 bits per heavy atom. The van der Waals surface area contributed by atoms with Crippen LogP contribution < -0.4 is 0 Å². The van der Waals surface area contributed by atoms with Crippen LogP contribution in [0.25, 0.3) is 0 Å². The van der Waals surface area contributed by atoms with Gasteiger partial charge in [0.25, 0.3) is 0 Å². The standard InChI is InChI=1S/C10H21NO/c1-10(2,12)6-5-9-11-7-3-4-8-11/h12H,3-9H2,1-2H3. The van der Waals surface area contributed by atoms with Gasteiger partial charge in [0, 0.05) is 0 Å². The van der Waals surface area contributed by atoms with Gasteiger partial charge in [0.1, 0.15) is 0 Å². The van der Waals surface area contributed by atoms with Gasteiger partial charge in [0.2, 0.25) is 0 Å². The summed E-state index contributed by atoms with van der Waals surface area (Å²) in [6.45, 7) is 7.48. The normalized spacial score (nSPS) is 20.2. The largest absolute Gasteiger partial charge is 0.390 e. The van der Waals surface area contributed by atoms with Gasteiger partial charge in [0.05, 0.1) is 5.60 Å². The van der Waals surface area contributed by atoms with Crippen molar-refractivity contribution in [2.75, 3.05) is 19.6 Å². The molecule has 72 valence electrons. The maximum absolute atomic E-state index is 9.47. The molecule has 1 heterocycles. The van der Waals surface area contributed by atoms with E-state index in [9.17, 15) is 5.11 Å². The Morgan fingerprint density at radius 3 is 2.33 bits per heavy atom. The molecule has 12 heavy (non-hydrogen) atoms. The molecule has 0 aromatic heterocycles. The summed E-state index contributed by atoms with van der Waals surface area (Å²) in [4.78, 5) is 2.49. The molecule has 0 aliphatic carbocycles. The van der Waals surface area contributed by atoms with Gasteiger partial charge in [-0.2, -0.15) is 0 Å². The highest BCUT2D eigenvalue weighted by Crippen LogP contribution is 2.13. The van der Waals surface area contributed by atoms with Gasteiger partial charge in [-0.1, -0.05) is 0 Å². The number of hydrogen-bond donors (Lipinski definition) is 1. The predicted octanol–water partition coefficient (Wildman–Crippen LogP) is 1.63. The van der Waals surface area contributed by atoms with Crippen LogP contribution >= 0.6 is 0 Å². The zero-order chi connectivity index (χ0) is 9.03. The van der Waals surface area contributed by atoms with Crippen molar-refractivity contribution in [1.82, 2.24) is 4.90 Å². The van der Waals surface area contributed by atoms with Crippen molar-refractivity contribution in [3.63, 3.8) is 0 Å². The predicted molar refractivity (Wildman–Crippen MR) is 51.2 cm³/mol. The van der Waals surface area contributed by atoms with Crippen molar-refractivity contribution in [3.8, 4) is 0 Å². The summed E-state index contributed by atoms with van der Waals surface area (Å²) < 4.78 is 0. The first kappa shape index (κ1) is 10.0. The fraction of sp³-hybridized carbons (Fsp3) is 1.00. The number of hydrogen-bond acceptors (Lipinski definition) is 2. The van der Waals surface area contributed by atoms with Crippen LogP contribution in [0.15, 0.2) is 0 Å². The Bertz CT molecular complexity index is 122. The minimum absolute atomic E-state index is 0.472. The lowest BCUT2D eigenvalue weighted by Gasteiger charge is -2.19. The van der Waals surface area contributed by atoms with Crippen molar-refractivity contribution in [3.05, 3.63) is 0 Å². The lowest BCUT2D eigenvalue weighted by Crippen LogP contribution is -2.24. The van der Waals surface area contributed by atoms with E-state index in [0.29, 0.717) is 0 Å². The van der Waals surface area contributed by atoms with Crippen molar-refractivity contribution in [2.45, 2.75) is 45.1 Å². The van der Waals surface area contributed by atoms with Gasteiger partial charge < -0.3 is 10.0 Å². The maximum Gasteiger partial charge on any atom is 0.0592 e. The Kier molecular flexibility index (Phi) is 3.53. The maximum atomic E-state index is 9.47. The zero-order valence-corrected chi connectivity index (χ0v) is 8.34. The van der Waals surface area contributed by atoms with Crippen LogP contribution in [-0.4, -0.2) is 35.2 Å². The van der Waals surface area contributed by atoms with E-state index in [0.717, 1.165) is 12.8 Å². The minimum Gasteiger partial charge on any atom is -0.390 e. The highest BCUT2D eigenvalue weighted by molar-refractivity contribution is 4.69. The average molecular weight is 171 g/mol. The molecular formula is C10H21NO. The number of rotatable bonds is 4. The molecule has 1 aliphatic heterocycles. The number of aliphatic hydroxyl groups is 1. The molecule has 0 radical (unpaired) electrons. The smallest absolute Gasteiger partial charge is 0.0592 e. The second kappa shape index (κ2) is 4.24. The molecule has 1 saturated heterocycles. The molecule has 0 aromatic rings. The molecule has 0 atom stereocenters. The lowest BCUT2D eigenvalue weighted by molar-refractivity contribution is 0.0659. The van der Waals surface area contributed by atoms with E-state index in [1.54, 1.807) is 0 Å². The first-order valence-corrected chi connectivity index (χ1v) is 5.03. The van der Waals surface area contributed by atoms with Crippen LogP contribution in [-0.2, 0) is 0 Å². The summed E-state index contributed by atoms with van der Waals surface area (Å²) in [6.07, 6.45) is 4.78. The Labute approximate surface area is 75.6 Å². The van der Waals surface area contributed by atoms with Crippen LogP contribution in [0.5, 0.6) is 0 Å². The van der Waals surface area contributed by atoms with Crippen LogP contribution in [0.1, 0.15) is 39.5 Å². The van der Waals surface area contributed by atoms with E-state index < -0.39 is 5.60 Å². The second-order valence-corrected chi connectivity index (χ2v) is 4.46. The van der Waals surface area contributed by atoms with E-state index in [1.807, 2.05) is 13.8 Å². The first-order chi connectivity index (χ1) is 5.58. The van der Waals surface area contributed by atoms with Crippen LogP contribution in [0.2, 0.25) is 0 Å². The number of nitrogens with zero attached hydrogens (tertiary/aromatic N) is 1. The molecule has 1 N–H and O–H groups in total. The number of likely N-dealkylation sites (tertiary alicyclic amines) is 1. The van der Waals surface area contributed by atoms with Gasteiger partial charge >= 0.3 is 0 Å². The zero-order valence-electron chi connectivity index (χ0n) is 8.34. The fourth-order valence-corrected chi connectivity index (χ4v) is 1.74. The van der Waals surface area contributed by atoms with E-state index >= 15 is 0 Å². The monoisotopic (exact) mass is 171 g/mol. The minimum atomic E-state index is -0.472. The first-order valence-electron chi connectivity index (χ1n) is 5.03. The van der Waals surface area contributed by atoms with Gasteiger partial charge in [-0.25, -0.2) is 0 Å². The fourth-order valence-electron chi connectivity index (χ4n) is 1.74. The van der Waals surface area contributed by atoms with Crippen LogP contribution in [0, 0.1) is 0 Å². The van der Waals surface area contributed by atoms with E-state index in [-0.39, 0.29) is 0 Å². The molecule has 0 aromatic carbocycles. The highest BCUT2D eigenvalue weighted by Gasteiger charge is 2.14. The highest BCUT2D eigenvalue weighted by atomic mass is 16.3. The van der Waals surface area contributed by atoms with Crippen molar-refractivity contribution >= 4 is 0 Å². The molecule has 0 unspecified atom stereocenters. The van der Waals surface area contributed by atoms with E-state index in [2.05, 4.69) is 4.90 Å². The lowest BCUT2D eigenvalue weighted by atomic mass is 10.0. The van der Waals surface area contributed by atoms with Gasteiger partial charge in [-0.05, 0) is 59.2 Å². The molecular weight excluding hydrogens is 150 g/mol. The summed E-state index contributed by atoms with van der Waals surface area (Å²) >= 11 is 0. The van der Waals surface area contributed by atoms with E-state index in [1.165, 1.54) is 32.5 Å². The van der Waals surface area contributed by atoms with Crippen LogP contribution in [0.3, 0.4) is 0 Å². The van der Waals surface area contributed by atoms with Crippen molar-refractivity contribution in [1.29, 1.82) is 0 Å². The summed E-state index contributed by atoms with van der Waals surface area (Å²) in [6, 6.07) is 0. The molecule has 2 nitrogen and oxygen atoms in total. The van der Waals surface area contributed by atoms with Gasteiger partial charge in [-0.3, -0.25) is 0 Å². The molecule has 1 fully saturated rings. The summed E-state index contributed by atoms with van der Waals surface area (Å²) in [5.74, 6) is 0. The molecule has 1 aliphatic rings. The van der Waals surface area contributed by atoms with Crippen molar-refractivity contribution in [2.24, 2.45) is 0 Å². The van der Waals surface area contributed by atoms with Gasteiger partial charge in [0.15, 0.2) is 0 Å². The Balaban J connectivity index is 2.02. The molecule has 2 heteroatoms. The van der Waals surface area contributed by atoms with Crippen molar-refractivity contribution < 1.29 is 5.11 Å². The SMILES string of the molecule is CC(C)(O)CCCN1CCCC1. The quantitative estimate of drug-likeness (QED) is 0.695. The molecule has 0 spiro atoms. The Morgan fingerprint density at radius 2 is 1.83 bits per heavy atom. The molecule has 0 amide bonds. The third kappa shape index (κ3) is 4.07. The third-order valence-corrected chi connectivity index (χ3v) is 2.46. The molecule has 1 rings (SSSR count). The summed E-state index contributed by atoms with van der Waals surface area (Å²) in [5.41, 5.74) is -0.472.